The number of nitrogens with zero attached hydrogens (tertiary/aromatic N) is 1. The molecule has 104 valence electrons. The van der Waals surface area contributed by atoms with Crippen LogP contribution < -0.4 is 5.32 Å². The van der Waals surface area contributed by atoms with Crippen LogP contribution in [0.25, 0.3) is 6.08 Å². The van der Waals surface area contributed by atoms with Crippen molar-refractivity contribution in [3.8, 4) is 0 Å². The lowest BCUT2D eigenvalue weighted by molar-refractivity contribution is 0.302. The van der Waals surface area contributed by atoms with Crippen molar-refractivity contribution in [2.45, 2.75) is 18.9 Å². The number of hydrogen-bond acceptors (Lipinski definition) is 3. The highest BCUT2D eigenvalue weighted by molar-refractivity contribution is 7.92. The Balaban J connectivity index is 2.07. The van der Waals surface area contributed by atoms with Crippen LogP contribution in [0.1, 0.15) is 18.4 Å². The van der Waals surface area contributed by atoms with Gasteiger partial charge in [0.05, 0.1) is 0 Å². The van der Waals surface area contributed by atoms with E-state index in [0.717, 1.165) is 31.5 Å². The highest BCUT2D eigenvalue weighted by Gasteiger charge is 2.25. The standard InChI is InChI=1S/C14H20N2O2S/c1-16(14-8-5-10-15-12-14)19(17,18)11-9-13-6-3-2-4-7-13/h2-4,6-7,9,11,14-15H,5,8,10,12H2,1H3. The van der Waals surface area contributed by atoms with Crippen LogP contribution in [0.2, 0.25) is 0 Å². The summed E-state index contributed by atoms with van der Waals surface area (Å²) in [4.78, 5) is 0. The minimum Gasteiger partial charge on any atom is -0.315 e. The molecule has 2 rings (SSSR count). The quantitative estimate of drug-likeness (QED) is 0.913. The molecule has 0 radical (unpaired) electrons. The van der Waals surface area contributed by atoms with Gasteiger partial charge in [0.1, 0.15) is 0 Å². The van der Waals surface area contributed by atoms with Crippen molar-refractivity contribution in [1.29, 1.82) is 0 Å². The molecule has 0 spiro atoms. The van der Waals surface area contributed by atoms with E-state index < -0.39 is 10.0 Å². The summed E-state index contributed by atoms with van der Waals surface area (Å²) in [6.07, 6.45) is 3.58. The second-order valence-corrected chi connectivity index (χ2v) is 6.65. The van der Waals surface area contributed by atoms with Gasteiger partial charge in [-0.25, -0.2) is 8.42 Å². The Morgan fingerprint density at radius 3 is 2.68 bits per heavy atom. The van der Waals surface area contributed by atoms with Gasteiger partial charge in [-0.15, -0.1) is 0 Å². The van der Waals surface area contributed by atoms with Crippen LogP contribution in [0, 0.1) is 0 Å². The Kier molecular flexibility index (Phi) is 4.74. The second kappa shape index (κ2) is 6.32. The van der Waals surface area contributed by atoms with Crippen molar-refractivity contribution >= 4 is 16.1 Å². The van der Waals surface area contributed by atoms with E-state index in [4.69, 9.17) is 0 Å². The molecule has 19 heavy (non-hydrogen) atoms. The summed E-state index contributed by atoms with van der Waals surface area (Å²) in [6.45, 7) is 1.71. The highest BCUT2D eigenvalue weighted by Crippen LogP contribution is 2.14. The first kappa shape index (κ1) is 14.2. The van der Waals surface area contributed by atoms with Gasteiger partial charge in [0.15, 0.2) is 0 Å². The van der Waals surface area contributed by atoms with Crippen molar-refractivity contribution in [3.05, 3.63) is 41.3 Å². The summed E-state index contributed by atoms with van der Waals surface area (Å²) < 4.78 is 25.9. The van der Waals surface area contributed by atoms with Gasteiger partial charge in [-0.3, -0.25) is 0 Å². The summed E-state index contributed by atoms with van der Waals surface area (Å²) in [5.41, 5.74) is 0.890. The molecule has 1 fully saturated rings. The third-order valence-corrected chi connectivity index (χ3v) is 5.00. The maximum absolute atomic E-state index is 12.2. The molecule has 1 aliphatic rings. The SMILES string of the molecule is CN(C1CCCNC1)S(=O)(=O)C=Cc1ccccc1. The lowest BCUT2D eigenvalue weighted by atomic mass is 10.1. The van der Waals surface area contributed by atoms with Crippen LogP contribution in [0.15, 0.2) is 35.7 Å². The van der Waals surface area contributed by atoms with E-state index in [1.54, 1.807) is 13.1 Å². The molecule has 1 aromatic rings. The molecule has 4 nitrogen and oxygen atoms in total. The molecule has 0 saturated carbocycles. The third-order valence-electron chi connectivity index (χ3n) is 3.42. The Morgan fingerprint density at radius 2 is 2.05 bits per heavy atom. The zero-order chi connectivity index (χ0) is 13.7. The van der Waals surface area contributed by atoms with Crippen LogP contribution in [-0.4, -0.2) is 38.9 Å². The number of sulfonamides is 1. The van der Waals surface area contributed by atoms with E-state index in [-0.39, 0.29) is 6.04 Å². The molecule has 1 unspecified atom stereocenters. The van der Waals surface area contributed by atoms with Crippen molar-refractivity contribution in [1.82, 2.24) is 9.62 Å². The van der Waals surface area contributed by atoms with Crippen molar-refractivity contribution in [2.75, 3.05) is 20.1 Å². The first-order valence-electron chi connectivity index (χ1n) is 6.51. The molecule has 0 aromatic heterocycles. The zero-order valence-electron chi connectivity index (χ0n) is 11.1. The molecule has 1 heterocycles. The smallest absolute Gasteiger partial charge is 0.236 e. The van der Waals surface area contributed by atoms with Crippen LogP contribution in [-0.2, 0) is 10.0 Å². The summed E-state index contributed by atoms with van der Waals surface area (Å²) in [7, 11) is -1.69. The number of hydrogen-bond donors (Lipinski definition) is 1. The molecule has 1 aromatic carbocycles. The minimum atomic E-state index is -3.35. The van der Waals surface area contributed by atoms with Gasteiger partial charge in [-0.05, 0) is 31.0 Å². The summed E-state index contributed by atoms with van der Waals surface area (Å²) >= 11 is 0. The lowest BCUT2D eigenvalue weighted by Gasteiger charge is -2.29. The fourth-order valence-corrected chi connectivity index (χ4v) is 3.29. The van der Waals surface area contributed by atoms with E-state index in [1.165, 1.54) is 9.71 Å². The van der Waals surface area contributed by atoms with Crippen LogP contribution in [0.5, 0.6) is 0 Å². The lowest BCUT2D eigenvalue weighted by Crippen LogP contribution is -2.45. The van der Waals surface area contributed by atoms with E-state index in [9.17, 15) is 8.42 Å². The molecule has 0 aliphatic carbocycles. The summed E-state index contributed by atoms with van der Waals surface area (Å²) in [6, 6.07) is 9.51. The fraction of sp³-hybridized carbons (Fsp3) is 0.429. The van der Waals surface area contributed by atoms with Gasteiger partial charge in [0.25, 0.3) is 0 Å². The normalized spacial score (nSPS) is 21.1. The van der Waals surface area contributed by atoms with Crippen LogP contribution >= 0.6 is 0 Å². The Morgan fingerprint density at radius 1 is 1.32 bits per heavy atom. The monoisotopic (exact) mass is 280 g/mol. The van der Waals surface area contributed by atoms with Gasteiger partial charge in [-0.1, -0.05) is 30.3 Å². The first-order chi connectivity index (χ1) is 9.09. The van der Waals surface area contributed by atoms with Gasteiger partial charge >= 0.3 is 0 Å². The highest BCUT2D eigenvalue weighted by atomic mass is 32.2. The second-order valence-electron chi connectivity index (χ2n) is 4.77. The van der Waals surface area contributed by atoms with Gasteiger partial charge in [-0.2, -0.15) is 4.31 Å². The number of piperidine rings is 1. The third kappa shape index (κ3) is 3.89. The largest absolute Gasteiger partial charge is 0.315 e. The number of benzene rings is 1. The molecule has 1 aliphatic heterocycles. The molecule has 0 amide bonds. The molecule has 1 N–H and O–H groups in total. The van der Waals surface area contributed by atoms with Gasteiger partial charge in [0, 0.05) is 25.0 Å². The van der Waals surface area contributed by atoms with E-state index >= 15 is 0 Å². The predicted octanol–water partition coefficient (Wildman–Crippen LogP) is 1.67. The topological polar surface area (TPSA) is 49.4 Å². The fourth-order valence-electron chi connectivity index (χ4n) is 2.18. The maximum atomic E-state index is 12.2. The van der Waals surface area contributed by atoms with Gasteiger partial charge in [0.2, 0.25) is 10.0 Å². The van der Waals surface area contributed by atoms with E-state index in [2.05, 4.69) is 5.32 Å². The predicted molar refractivity (Wildman–Crippen MR) is 78.1 cm³/mol. The minimum absolute atomic E-state index is 0.0548. The van der Waals surface area contributed by atoms with Crippen LogP contribution in [0.3, 0.4) is 0 Å². The Bertz CT molecular complexity index is 520. The molecule has 5 heteroatoms. The first-order valence-corrected chi connectivity index (χ1v) is 8.02. The number of nitrogens with one attached hydrogen (secondary N) is 1. The number of rotatable bonds is 4. The molecular weight excluding hydrogens is 260 g/mol. The average Bonchev–Trinajstić information content (AvgIpc) is 2.46. The van der Waals surface area contributed by atoms with Crippen molar-refractivity contribution < 1.29 is 8.42 Å². The number of likely N-dealkylation sites (N-methyl/N-ethyl adjacent to an activating group) is 1. The molecular formula is C14H20N2O2S. The summed E-state index contributed by atoms with van der Waals surface area (Å²) in [5, 5.41) is 4.52. The van der Waals surface area contributed by atoms with Crippen LogP contribution in [0.4, 0.5) is 0 Å². The molecule has 1 saturated heterocycles. The maximum Gasteiger partial charge on any atom is 0.236 e. The average molecular weight is 280 g/mol. The van der Waals surface area contributed by atoms with Crippen molar-refractivity contribution in [2.24, 2.45) is 0 Å². The van der Waals surface area contributed by atoms with E-state index in [1.807, 2.05) is 30.3 Å². The van der Waals surface area contributed by atoms with Gasteiger partial charge < -0.3 is 5.32 Å². The molecule has 1 atom stereocenters. The Hall–Kier alpha value is -1.17. The zero-order valence-corrected chi connectivity index (χ0v) is 11.9. The molecule has 0 bridgehead atoms. The Labute approximate surface area is 115 Å². The van der Waals surface area contributed by atoms with Crippen molar-refractivity contribution in [3.63, 3.8) is 0 Å². The van der Waals surface area contributed by atoms with E-state index in [0.29, 0.717) is 0 Å². The summed E-state index contributed by atoms with van der Waals surface area (Å²) in [5.74, 6) is 0.